The number of aromatic nitrogens is 4. The minimum atomic E-state index is -0.612. The van der Waals surface area contributed by atoms with Crippen LogP contribution in [-0.4, -0.2) is 37.8 Å². The lowest BCUT2D eigenvalue weighted by molar-refractivity contribution is 0.0636. The van der Waals surface area contributed by atoms with Crippen LogP contribution in [-0.2, 0) is 4.74 Å². The summed E-state index contributed by atoms with van der Waals surface area (Å²) in [6.45, 7) is 6.93. The monoisotopic (exact) mass is 412 g/mol. The van der Waals surface area contributed by atoms with Crippen molar-refractivity contribution in [3.05, 3.63) is 59.7 Å². The molecule has 0 bridgehead atoms. The molecule has 3 aromatic rings. The molecule has 30 heavy (non-hydrogen) atoms. The van der Waals surface area contributed by atoms with Crippen LogP contribution in [0.3, 0.4) is 0 Å². The van der Waals surface area contributed by atoms with E-state index < -0.39 is 23.4 Å². The van der Waals surface area contributed by atoms with Gasteiger partial charge in [-0.2, -0.15) is 4.68 Å². The van der Waals surface area contributed by atoms with Gasteiger partial charge in [-0.05, 0) is 80.6 Å². The number of halogens is 1. The van der Waals surface area contributed by atoms with Gasteiger partial charge in [0.05, 0.1) is 0 Å². The van der Waals surface area contributed by atoms with Crippen LogP contribution in [0.1, 0.15) is 37.0 Å². The lowest BCUT2D eigenvalue weighted by atomic mass is 10.2. The molecule has 0 aliphatic rings. The average Bonchev–Trinajstić information content (AvgIpc) is 3.08. The van der Waals surface area contributed by atoms with Gasteiger partial charge in [0.15, 0.2) is 5.82 Å². The lowest BCUT2D eigenvalue weighted by Crippen LogP contribution is -2.27. The number of carbonyl (C=O) groups is 2. The van der Waals surface area contributed by atoms with Gasteiger partial charge in [-0.1, -0.05) is 0 Å². The Morgan fingerprint density at radius 2 is 1.70 bits per heavy atom. The van der Waals surface area contributed by atoms with E-state index in [9.17, 15) is 14.0 Å². The van der Waals surface area contributed by atoms with E-state index in [1.807, 2.05) is 0 Å². The third-order valence-corrected chi connectivity index (χ3v) is 3.85. The minimum Gasteiger partial charge on any atom is -0.444 e. The Morgan fingerprint density at radius 1 is 1.03 bits per heavy atom. The van der Waals surface area contributed by atoms with Gasteiger partial charge in [-0.15, -0.1) is 5.10 Å². The molecule has 2 N–H and O–H groups in total. The van der Waals surface area contributed by atoms with E-state index >= 15 is 0 Å². The molecule has 0 aliphatic heterocycles. The molecule has 0 atom stereocenters. The van der Waals surface area contributed by atoms with E-state index in [4.69, 9.17) is 4.74 Å². The van der Waals surface area contributed by atoms with Gasteiger partial charge < -0.3 is 10.1 Å². The molecule has 1 heterocycles. The van der Waals surface area contributed by atoms with Crippen molar-refractivity contribution in [1.82, 2.24) is 20.2 Å². The maximum Gasteiger partial charge on any atom is 0.412 e. The number of anilines is 2. The Labute approximate surface area is 172 Å². The standard InChI is InChI=1S/C20H21FN6O3/c1-12-24-25-26-27(12)17-11-15(9-10-16(17)21)22-18(28)13-5-7-14(8-6-13)23-19(29)30-20(2,3)4/h5-11H,1-4H3,(H,22,28)(H,23,29). The third-order valence-electron chi connectivity index (χ3n) is 3.85. The Hall–Kier alpha value is -3.82. The first-order valence-electron chi connectivity index (χ1n) is 9.09. The van der Waals surface area contributed by atoms with Crippen molar-refractivity contribution in [2.45, 2.75) is 33.3 Å². The molecule has 0 radical (unpaired) electrons. The number of hydrogen-bond acceptors (Lipinski definition) is 6. The molecule has 2 amide bonds. The number of carbonyl (C=O) groups excluding carboxylic acids is 2. The van der Waals surface area contributed by atoms with E-state index in [1.54, 1.807) is 52.0 Å². The Morgan fingerprint density at radius 3 is 2.30 bits per heavy atom. The zero-order valence-electron chi connectivity index (χ0n) is 16.9. The summed E-state index contributed by atoms with van der Waals surface area (Å²) in [5.74, 6) is -0.517. The summed E-state index contributed by atoms with van der Waals surface area (Å²) >= 11 is 0. The molecule has 0 spiro atoms. The Kier molecular flexibility index (Phi) is 5.77. The quantitative estimate of drug-likeness (QED) is 0.676. The van der Waals surface area contributed by atoms with Gasteiger partial charge in [0.1, 0.15) is 17.1 Å². The Bertz CT molecular complexity index is 1070. The van der Waals surface area contributed by atoms with Crippen molar-refractivity contribution < 1.29 is 18.7 Å². The summed E-state index contributed by atoms with van der Waals surface area (Å²) in [7, 11) is 0. The molecule has 156 valence electrons. The van der Waals surface area contributed by atoms with Crippen molar-refractivity contribution in [1.29, 1.82) is 0 Å². The number of aryl methyl sites for hydroxylation is 1. The topological polar surface area (TPSA) is 111 Å². The predicted molar refractivity (Wildman–Crippen MR) is 108 cm³/mol. The normalized spacial score (nSPS) is 11.1. The molecule has 9 nitrogen and oxygen atoms in total. The molecular weight excluding hydrogens is 391 g/mol. The maximum atomic E-state index is 14.2. The smallest absolute Gasteiger partial charge is 0.412 e. The molecule has 0 saturated carbocycles. The zero-order chi connectivity index (χ0) is 21.9. The van der Waals surface area contributed by atoms with Gasteiger partial charge >= 0.3 is 6.09 Å². The highest BCUT2D eigenvalue weighted by atomic mass is 19.1. The number of benzene rings is 2. The molecule has 0 unspecified atom stereocenters. The SMILES string of the molecule is Cc1nnnn1-c1cc(NC(=O)c2ccc(NC(=O)OC(C)(C)C)cc2)ccc1F. The van der Waals surface area contributed by atoms with Gasteiger partial charge in [-0.25, -0.2) is 9.18 Å². The summed E-state index contributed by atoms with van der Waals surface area (Å²) in [6, 6.07) is 10.4. The summed E-state index contributed by atoms with van der Waals surface area (Å²) in [5, 5.41) is 16.3. The molecule has 0 aliphatic carbocycles. The largest absolute Gasteiger partial charge is 0.444 e. The van der Waals surface area contributed by atoms with Crippen molar-refractivity contribution in [2.75, 3.05) is 10.6 Å². The number of rotatable bonds is 4. The molecule has 10 heteroatoms. The van der Waals surface area contributed by atoms with Gasteiger partial charge in [0.25, 0.3) is 5.91 Å². The van der Waals surface area contributed by atoms with Crippen LogP contribution in [0.4, 0.5) is 20.6 Å². The van der Waals surface area contributed by atoms with E-state index in [0.29, 0.717) is 22.8 Å². The number of nitrogens with zero attached hydrogens (tertiary/aromatic N) is 4. The first-order chi connectivity index (χ1) is 14.1. The van der Waals surface area contributed by atoms with E-state index in [2.05, 4.69) is 26.2 Å². The maximum absolute atomic E-state index is 14.2. The van der Waals surface area contributed by atoms with Crippen LogP contribution in [0.2, 0.25) is 0 Å². The number of amides is 2. The van der Waals surface area contributed by atoms with Gasteiger partial charge in [0.2, 0.25) is 0 Å². The van der Waals surface area contributed by atoms with Crippen LogP contribution in [0.5, 0.6) is 0 Å². The fourth-order valence-electron chi connectivity index (χ4n) is 2.54. The highest BCUT2D eigenvalue weighted by Crippen LogP contribution is 2.20. The summed E-state index contributed by atoms with van der Waals surface area (Å²) < 4.78 is 20.6. The van der Waals surface area contributed by atoms with Crippen molar-refractivity contribution in [2.24, 2.45) is 0 Å². The number of tetrazole rings is 1. The van der Waals surface area contributed by atoms with E-state index in [-0.39, 0.29) is 5.69 Å². The van der Waals surface area contributed by atoms with E-state index in [0.717, 1.165) is 0 Å². The van der Waals surface area contributed by atoms with Crippen LogP contribution in [0.15, 0.2) is 42.5 Å². The average molecular weight is 412 g/mol. The summed E-state index contributed by atoms with van der Waals surface area (Å²) in [6.07, 6.45) is -0.587. The number of nitrogens with one attached hydrogen (secondary N) is 2. The summed E-state index contributed by atoms with van der Waals surface area (Å²) in [4.78, 5) is 24.3. The molecule has 1 aromatic heterocycles. The van der Waals surface area contributed by atoms with Crippen LogP contribution in [0, 0.1) is 12.7 Å². The molecule has 0 saturated heterocycles. The molecular formula is C20H21FN6O3. The van der Waals surface area contributed by atoms with Crippen molar-refractivity contribution >= 4 is 23.4 Å². The minimum absolute atomic E-state index is 0.118. The fraction of sp³-hybridized carbons (Fsp3) is 0.250. The fourth-order valence-corrected chi connectivity index (χ4v) is 2.54. The molecule has 2 aromatic carbocycles. The summed E-state index contributed by atoms with van der Waals surface area (Å²) in [5.41, 5.74) is 0.723. The van der Waals surface area contributed by atoms with Crippen molar-refractivity contribution in [3.8, 4) is 5.69 Å². The molecule has 3 rings (SSSR count). The predicted octanol–water partition coefficient (Wildman–Crippen LogP) is 3.71. The first kappa shape index (κ1) is 20.9. The highest BCUT2D eigenvalue weighted by Gasteiger charge is 2.16. The Balaban J connectivity index is 1.69. The second-order valence-corrected chi connectivity index (χ2v) is 7.46. The van der Waals surface area contributed by atoms with Crippen molar-refractivity contribution in [3.63, 3.8) is 0 Å². The van der Waals surface area contributed by atoms with Gasteiger partial charge in [-0.3, -0.25) is 10.1 Å². The van der Waals surface area contributed by atoms with Crippen LogP contribution >= 0.6 is 0 Å². The third kappa shape index (κ3) is 5.16. The van der Waals surface area contributed by atoms with Crippen LogP contribution in [0.25, 0.3) is 5.69 Å². The van der Waals surface area contributed by atoms with E-state index in [1.165, 1.54) is 22.9 Å². The van der Waals surface area contributed by atoms with Crippen LogP contribution < -0.4 is 10.6 Å². The molecule has 0 fully saturated rings. The van der Waals surface area contributed by atoms with Gasteiger partial charge in [0, 0.05) is 16.9 Å². The first-order valence-corrected chi connectivity index (χ1v) is 9.09. The number of hydrogen-bond donors (Lipinski definition) is 2. The zero-order valence-corrected chi connectivity index (χ0v) is 16.9. The number of ether oxygens (including phenoxy) is 1. The highest BCUT2D eigenvalue weighted by molar-refractivity contribution is 6.04. The second kappa shape index (κ2) is 8.27. The second-order valence-electron chi connectivity index (χ2n) is 7.46. The lowest BCUT2D eigenvalue weighted by Gasteiger charge is -2.19.